The van der Waals surface area contributed by atoms with Crippen LogP contribution >= 0.6 is 11.8 Å². The predicted molar refractivity (Wildman–Crippen MR) is 83.2 cm³/mol. The van der Waals surface area contributed by atoms with Gasteiger partial charge in [-0.25, -0.2) is 4.98 Å². The lowest BCUT2D eigenvalue weighted by molar-refractivity contribution is 0.0949. The molecule has 0 unspecified atom stereocenters. The van der Waals surface area contributed by atoms with Crippen molar-refractivity contribution in [1.29, 1.82) is 0 Å². The van der Waals surface area contributed by atoms with Crippen molar-refractivity contribution in [3.8, 4) is 0 Å². The highest BCUT2D eigenvalue weighted by molar-refractivity contribution is 7.99. The molecule has 0 saturated heterocycles. The topological polar surface area (TPSA) is 42.0 Å². The third-order valence-corrected chi connectivity index (χ3v) is 3.71. The molecule has 3 nitrogen and oxygen atoms in total. The number of benzene rings is 1. The highest BCUT2D eigenvalue weighted by Crippen LogP contribution is 2.26. The second kappa shape index (κ2) is 8.48. The summed E-state index contributed by atoms with van der Waals surface area (Å²) in [5, 5.41) is 2.80. The van der Waals surface area contributed by atoms with Crippen molar-refractivity contribution in [1.82, 2.24) is 10.3 Å². The number of amides is 1. The number of hydrogen-bond acceptors (Lipinski definition) is 3. The number of carbonyl (C=O) groups excluding carboxylic acids is 1. The van der Waals surface area contributed by atoms with Crippen LogP contribution in [0.25, 0.3) is 0 Å². The Kier molecular flexibility index (Phi) is 6.33. The molecule has 0 saturated carbocycles. The first-order chi connectivity index (χ1) is 10.7. The lowest BCUT2D eigenvalue weighted by atomic mass is 10.1. The Balaban J connectivity index is 1.85. The number of alkyl halides is 2. The number of carbonyl (C=O) groups is 1. The zero-order chi connectivity index (χ0) is 15.8. The fraction of sp³-hybridized carbons (Fsp3) is 0.250. The zero-order valence-corrected chi connectivity index (χ0v) is 12.7. The smallest absolute Gasteiger partial charge is 0.290 e. The first-order valence-electron chi connectivity index (χ1n) is 6.89. The second-order valence-corrected chi connectivity index (χ2v) is 5.56. The van der Waals surface area contributed by atoms with Crippen LogP contribution in [-0.4, -0.2) is 23.2 Å². The van der Waals surface area contributed by atoms with Gasteiger partial charge in [0, 0.05) is 12.7 Å². The zero-order valence-electron chi connectivity index (χ0n) is 11.8. The van der Waals surface area contributed by atoms with Crippen molar-refractivity contribution < 1.29 is 13.6 Å². The van der Waals surface area contributed by atoms with E-state index in [4.69, 9.17) is 0 Å². The average molecular weight is 322 g/mol. The molecule has 22 heavy (non-hydrogen) atoms. The number of aryl methyl sites for hydroxylation is 1. The standard InChI is InChI=1S/C16H16F2N2OS/c17-16(18)22-15-13(9-5-11-20-15)14(21)19-10-4-8-12-6-2-1-3-7-12/h1-3,5-7,9,11,16H,4,8,10H2,(H,19,21). The molecular formula is C16H16F2N2OS. The number of nitrogens with one attached hydrogen (secondary N) is 1. The molecule has 0 radical (unpaired) electrons. The predicted octanol–water partition coefficient (Wildman–Crippen LogP) is 3.76. The Morgan fingerprint density at radius 2 is 1.95 bits per heavy atom. The van der Waals surface area contributed by atoms with Gasteiger partial charge < -0.3 is 5.32 Å². The lowest BCUT2D eigenvalue weighted by Crippen LogP contribution is -2.25. The summed E-state index contributed by atoms with van der Waals surface area (Å²) in [5.74, 6) is -2.97. The first kappa shape index (κ1) is 16.4. The van der Waals surface area contributed by atoms with Gasteiger partial charge in [-0.15, -0.1) is 0 Å². The Morgan fingerprint density at radius 3 is 2.68 bits per heavy atom. The van der Waals surface area contributed by atoms with Crippen molar-refractivity contribution >= 4 is 17.7 Å². The second-order valence-electron chi connectivity index (χ2n) is 4.58. The molecule has 0 bridgehead atoms. The Bertz CT molecular complexity index is 608. The van der Waals surface area contributed by atoms with Crippen LogP contribution in [-0.2, 0) is 6.42 Å². The molecule has 1 aromatic carbocycles. The third-order valence-electron chi connectivity index (χ3n) is 2.99. The van der Waals surface area contributed by atoms with Gasteiger partial charge in [0.05, 0.1) is 5.56 Å². The summed E-state index contributed by atoms with van der Waals surface area (Å²) >= 11 is 0.284. The van der Waals surface area contributed by atoms with E-state index in [2.05, 4.69) is 10.3 Å². The number of nitrogens with zero attached hydrogens (tertiary/aromatic N) is 1. The summed E-state index contributed by atoms with van der Waals surface area (Å²) in [4.78, 5) is 15.9. The van der Waals surface area contributed by atoms with E-state index in [-0.39, 0.29) is 28.3 Å². The summed E-state index contributed by atoms with van der Waals surface area (Å²) in [5.41, 5.74) is 1.39. The number of rotatable bonds is 7. The van der Waals surface area contributed by atoms with Gasteiger partial charge in [-0.2, -0.15) is 8.78 Å². The fourth-order valence-electron chi connectivity index (χ4n) is 1.98. The number of pyridine rings is 1. The number of hydrogen-bond donors (Lipinski definition) is 1. The minimum Gasteiger partial charge on any atom is -0.352 e. The van der Waals surface area contributed by atoms with Crippen molar-refractivity contribution in [2.75, 3.05) is 6.54 Å². The Morgan fingerprint density at radius 1 is 1.18 bits per heavy atom. The molecule has 2 aromatic rings. The number of halogens is 2. The van der Waals surface area contributed by atoms with E-state index in [1.807, 2.05) is 30.3 Å². The number of aromatic nitrogens is 1. The first-order valence-corrected chi connectivity index (χ1v) is 7.76. The van der Waals surface area contributed by atoms with Gasteiger partial charge in [0.25, 0.3) is 11.7 Å². The van der Waals surface area contributed by atoms with E-state index >= 15 is 0 Å². The normalized spacial score (nSPS) is 10.7. The molecule has 1 aromatic heterocycles. The van der Waals surface area contributed by atoms with Crippen molar-refractivity contribution in [2.24, 2.45) is 0 Å². The van der Waals surface area contributed by atoms with Crippen molar-refractivity contribution in [3.63, 3.8) is 0 Å². The monoisotopic (exact) mass is 322 g/mol. The third kappa shape index (κ3) is 5.11. The molecule has 2 rings (SSSR count). The minimum atomic E-state index is -2.60. The van der Waals surface area contributed by atoms with Crippen molar-refractivity contribution in [2.45, 2.75) is 23.6 Å². The van der Waals surface area contributed by atoms with Crippen LogP contribution in [0, 0.1) is 0 Å². The summed E-state index contributed by atoms with van der Waals surface area (Å²) in [6.07, 6.45) is 3.04. The van der Waals surface area contributed by atoms with Crippen LogP contribution in [0.1, 0.15) is 22.3 Å². The molecule has 1 N–H and O–H groups in total. The Labute approximate surface area is 132 Å². The highest BCUT2D eigenvalue weighted by Gasteiger charge is 2.16. The van der Waals surface area contributed by atoms with E-state index in [1.54, 1.807) is 6.07 Å². The van der Waals surface area contributed by atoms with Crippen LogP contribution in [0.15, 0.2) is 53.7 Å². The van der Waals surface area contributed by atoms with Crippen LogP contribution in [0.3, 0.4) is 0 Å². The molecule has 1 heterocycles. The maximum atomic E-state index is 12.4. The average Bonchev–Trinajstić information content (AvgIpc) is 2.52. The van der Waals surface area contributed by atoms with E-state index < -0.39 is 5.76 Å². The molecule has 0 atom stereocenters. The molecule has 0 spiro atoms. The molecule has 0 aliphatic carbocycles. The van der Waals surface area contributed by atoms with E-state index in [1.165, 1.54) is 17.8 Å². The molecule has 116 valence electrons. The van der Waals surface area contributed by atoms with Crippen molar-refractivity contribution in [3.05, 3.63) is 59.8 Å². The van der Waals surface area contributed by atoms with Gasteiger partial charge in [0.15, 0.2) is 0 Å². The number of thioether (sulfide) groups is 1. The maximum absolute atomic E-state index is 12.4. The van der Waals surface area contributed by atoms with Gasteiger partial charge >= 0.3 is 0 Å². The minimum absolute atomic E-state index is 0.0538. The van der Waals surface area contributed by atoms with E-state index in [0.717, 1.165) is 12.8 Å². The van der Waals surface area contributed by atoms with Gasteiger partial charge in [-0.3, -0.25) is 4.79 Å². The van der Waals surface area contributed by atoms with Crippen LogP contribution in [0.2, 0.25) is 0 Å². The quantitative estimate of drug-likeness (QED) is 0.623. The molecule has 0 fully saturated rings. The van der Waals surface area contributed by atoms with E-state index in [9.17, 15) is 13.6 Å². The molecule has 0 aliphatic heterocycles. The summed E-state index contributed by atoms with van der Waals surface area (Å²) in [6.45, 7) is 0.488. The van der Waals surface area contributed by atoms with Crippen LogP contribution in [0.4, 0.5) is 8.78 Å². The van der Waals surface area contributed by atoms with Crippen LogP contribution < -0.4 is 5.32 Å². The molecular weight excluding hydrogens is 306 g/mol. The SMILES string of the molecule is O=C(NCCCc1ccccc1)c1cccnc1SC(F)F. The maximum Gasteiger partial charge on any atom is 0.290 e. The van der Waals surface area contributed by atoms with Gasteiger partial charge in [-0.05, 0) is 42.3 Å². The largest absolute Gasteiger partial charge is 0.352 e. The van der Waals surface area contributed by atoms with Crippen LogP contribution in [0.5, 0.6) is 0 Å². The van der Waals surface area contributed by atoms with E-state index in [0.29, 0.717) is 6.54 Å². The lowest BCUT2D eigenvalue weighted by Gasteiger charge is -2.08. The highest BCUT2D eigenvalue weighted by atomic mass is 32.2. The molecule has 0 aliphatic rings. The summed E-state index contributed by atoms with van der Waals surface area (Å²) in [6, 6.07) is 13.0. The Hall–Kier alpha value is -1.95. The summed E-state index contributed by atoms with van der Waals surface area (Å²) < 4.78 is 24.9. The molecule has 6 heteroatoms. The fourth-order valence-corrected chi connectivity index (χ4v) is 2.55. The van der Waals surface area contributed by atoms with Gasteiger partial charge in [-0.1, -0.05) is 30.3 Å². The summed E-state index contributed by atoms with van der Waals surface area (Å²) in [7, 11) is 0. The van der Waals surface area contributed by atoms with Gasteiger partial charge in [0.1, 0.15) is 5.03 Å². The molecule has 1 amide bonds. The van der Waals surface area contributed by atoms with Gasteiger partial charge in [0.2, 0.25) is 0 Å².